The predicted molar refractivity (Wildman–Crippen MR) is 130 cm³/mol. The van der Waals surface area contributed by atoms with Crippen LogP contribution in [0.2, 0.25) is 0 Å². The lowest BCUT2D eigenvalue weighted by Crippen LogP contribution is -1.89. The van der Waals surface area contributed by atoms with Gasteiger partial charge in [-0.1, -0.05) is 115 Å². The topological polar surface area (TPSA) is 0 Å². The van der Waals surface area contributed by atoms with Crippen molar-refractivity contribution < 1.29 is 0 Å². The molecule has 140 valence electrons. The van der Waals surface area contributed by atoms with Gasteiger partial charge in [0, 0.05) is 0 Å². The van der Waals surface area contributed by atoms with Gasteiger partial charge in [-0.15, -0.1) is 0 Å². The first-order valence-electron chi connectivity index (χ1n) is 10.4. The summed E-state index contributed by atoms with van der Waals surface area (Å²) < 4.78 is 0. The van der Waals surface area contributed by atoms with Crippen molar-refractivity contribution in [1.29, 1.82) is 0 Å². The first kappa shape index (κ1) is 17.0. The van der Waals surface area contributed by atoms with E-state index < -0.39 is 0 Å². The highest BCUT2D eigenvalue weighted by Crippen LogP contribution is 2.42. The molecule has 0 aliphatic rings. The standard InChI is InChI=1S/C30H20/c1-3-10-21(11-4-1)26-16-9-17-27-29-24(19-18-23-14-7-8-15-25(23)29)20-28(30(26)27)22-12-5-2-6-13-22/h1-20H. The molecule has 0 N–H and O–H groups in total. The zero-order chi connectivity index (χ0) is 19.9. The molecule has 0 spiro atoms. The van der Waals surface area contributed by atoms with Crippen LogP contribution in [0.4, 0.5) is 0 Å². The number of fused-ring (bicyclic) bond motifs is 5. The van der Waals surface area contributed by atoms with Gasteiger partial charge in [0.05, 0.1) is 0 Å². The lowest BCUT2D eigenvalue weighted by molar-refractivity contribution is 1.64. The fourth-order valence-electron chi connectivity index (χ4n) is 4.69. The normalized spacial score (nSPS) is 11.3. The first-order valence-corrected chi connectivity index (χ1v) is 10.4. The van der Waals surface area contributed by atoms with Crippen LogP contribution in [0.3, 0.4) is 0 Å². The van der Waals surface area contributed by atoms with Gasteiger partial charge in [0.1, 0.15) is 0 Å². The van der Waals surface area contributed by atoms with E-state index in [0.717, 1.165) is 0 Å². The Bertz CT molecular complexity index is 1510. The Morgan fingerprint density at radius 3 is 1.70 bits per heavy atom. The van der Waals surface area contributed by atoms with Crippen LogP contribution < -0.4 is 0 Å². The van der Waals surface area contributed by atoms with Gasteiger partial charge in [0.25, 0.3) is 0 Å². The van der Waals surface area contributed by atoms with Crippen molar-refractivity contribution in [2.24, 2.45) is 0 Å². The largest absolute Gasteiger partial charge is 0.0622 e. The highest BCUT2D eigenvalue weighted by molar-refractivity contribution is 6.25. The van der Waals surface area contributed by atoms with E-state index in [1.54, 1.807) is 0 Å². The van der Waals surface area contributed by atoms with Crippen molar-refractivity contribution >= 4 is 32.3 Å². The molecule has 0 heterocycles. The molecule has 0 aliphatic heterocycles. The lowest BCUT2D eigenvalue weighted by Gasteiger charge is -2.16. The van der Waals surface area contributed by atoms with E-state index in [0.29, 0.717) is 0 Å². The molecule has 0 aliphatic carbocycles. The monoisotopic (exact) mass is 380 g/mol. The van der Waals surface area contributed by atoms with Gasteiger partial charge in [0.2, 0.25) is 0 Å². The second kappa shape index (κ2) is 6.86. The predicted octanol–water partition coefficient (Wildman–Crippen LogP) is 8.48. The van der Waals surface area contributed by atoms with E-state index in [9.17, 15) is 0 Å². The van der Waals surface area contributed by atoms with Gasteiger partial charge in [-0.05, 0) is 60.6 Å². The van der Waals surface area contributed by atoms with E-state index in [4.69, 9.17) is 0 Å². The summed E-state index contributed by atoms with van der Waals surface area (Å²) >= 11 is 0. The van der Waals surface area contributed by atoms with E-state index in [-0.39, 0.29) is 0 Å². The van der Waals surface area contributed by atoms with Crippen LogP contribution in [0.5, 0.6) is 0 Å². The van der Waals surface area contributed by atoms with Gasteiger partial charge in [-0.2, -0.15) is 0 Å². The fourth-order valence-corrected chi connectivity index (χ4v) is 4.69. The molecule has 0 bridgehead atoms. The number of hydrogen-bond acceptors (Lipinski definition) is 0. The maximum absolute atomic E-state index is 2.37. The summed E-state index contributed by atoms with van der Waals surface area (Å²) in [7, 11) is 0. The van der Waals surface area contributed by atoms with Crippen LogP contribution in [0.1, 0.15) is 0 Å². The molecular weight excluding hydrogens is 360 g/mol. The molecule has 6 rings (SSSR count). The second-order valence-corrected chi connectivity index (χ2v) is 7.77. The molecule has 0 saturated heterocycles. The quantitative estimate of drug-likeness (QED) is 0.264. The molecular formula is C30H20. The van der Waals surface area contributed by atoms with Gasteiger partial charge < -0.3 is 0 Å². The molecule has 0 heteroatoms. The van der Waals surface area contributed by atoms with E-state index in [2.05, 4.69) is 121 Å². The molecule has 0 atom stereocenters. The molecule has 6 aromatic carbocycles. The molecule has 0 radical (unpaired) electrons. The average molecular weight is 380 g/mol. The SMILES string of the molecule is c1ccc(-c2cccc3c2c(-c2ccccc2)cc2ccc4ccccc4c23)cc1. The Morgan fingerprint density at radius 1 is 0.333 bits per heavy atom. The van der Waals surface area contributed by atoms with Gasteiger partial charge in [-0.25, -0.2) is 0 Å². The van der Waals surface area contributed by atoms with Crippen LogP contribution in [0.25, 0.3) is 54.6 Å². The minimum Gasteiger partial charge on any atom is -0.0622 e. The highest BCUT2D eigenvalue weighted by atomic mass is 14.2. The van der Waals surface area contributed by atoms with Crippen molar-refractivity contribution in [2.75, 3.05) is 0 Å². The number of hydrogen-bond donors (Lipinski definition) is 0. The van der Waals surface area contributed by atoms with E-state index in [1.807, 2.05) is 0 Å². The minimum absolute atomic E-state index is 1.25. The summed E-state index contributed by atoms with van der Waals surface area (Å²) in [6.45, 7) is 0. The average Bonchev–Trinajstić information content (AvgIpc) is 2.84. The second-order valence-electron chi connectivity index (χ2n) is 7.77. The molecule has 0 nitrogen and oxygen atoms in total. The summed E-state index contributed by atoms with van der Waals surface area (Å²) in [5.74, 6) is 0. The van der Waals surface area contributed by atoms with Crippen LogP contribution in [-0.4, -0.2) is 0 Å². The summed E-state index contributed by atoms with van der Waals surface area (Å²) in [6.07, 6.45) is 0. The third-order valence-electron chi connectivity index (χ3n) is 6.03. The molecule has 0 saturated carbocycles. The van der Waals surface area contributed by atoms with Crippen molar-refractivity contribution in [3.8, 4) is 22.3 Å². The Hall–Kier alpha value is -3.90. The summed E-state index contributed by atoms with van der Waals surface area (Å²) in [6, 6.07) is 43.8. The molecule has 30 heavy (non-hydrogen) atoms. The van der Waals surface area contributed by atoms with Crippen molar-refractivity contribution in [3.63, 3.8) is 0 Å². The zero-order valence-electron chi connectivity index (χ0n) is 16.5. The van der Waals surface area contributed by atoms with E-state index >= 15 is 0 Å². The molecule has 0 amide bonds. The number of rotatable bonds is 2. The van der Waals surface area contributed by atoms with Gasteiger partial charge >= 0.3 is 0 Å². The molecule has 0 aromatic heterocycles. The van der Waals surface area contributed by atoms with Crippen molar-refractivity contribution in [1.82, 2.24) is 0 Å². The van der Waals surface area contributed by atoms with Gasteiger partial charge in [0.15, 0.2) is 0 Å². The third kappa shape index (κ3) is 2.62. The van der Waals surface area contributed by atoms with Crippen molar-refractivity contribution in [3.05, 3.63) is 121 Å². The Kier molecular flexibility index (Phi) is 3.89. The lowest BCUT2D eigenvalue weighted by atomic mass is 9.87. The minimum atomic E-state index is 1.25. The highest BCUT2D eigenvalue weighted by Gasteiger charge is 2.14. The third-order valence-corrected chi connectivity index (χ3v) is 6.03. The summed E-state index contributed by atoms with van der Waals surface area (Å²) in [5.41, 5.74) is 5.07. The van der Waals surface area contributed by atoms with Crippen LogP contribution in [0.15, 0.2) is 121 Å². The summed E-state index contributed by atoms with van der Waals surface area (Å²) in [4.78, 5) is 0. The Balaban J connectivity index is 1.86. The molecule has 0 fully saturated rings. The van der Waals surface area contributed by atoms with Crippen molar-refractivity contribution in [2.45, 2.75) is 0 Å². The maximum Gasteiger partial charge on any atom is -0.00201 e. The Morgan fingerprint density at radius 2 is 0.933 bits per heavy atom. The Labute approximate surface area is 176 Å². The zero-order valence-corrected chi connectivity index (χ0v) is 16.5. The van der Waals surface area contributed by atoms with Gasteiger partial charge in [-0.3, -0.25) is 0 Å². The smallest absolute Gasteiger partial charge is 0.00201 e. The first-order chi connectivity index (χ1) is 14.9. The maximum atomic E-state index is 2.37. The fraction of sp³-hybridized carbons (Fsp3) is 0. The van der Waals surface area contributed by atoms with Crippen LogP contribution in [0, 0.1) is 0 Å². The van der Waals surface area contributed by atoms with Crippen LogP contribution in [-0.2, 0) is 0 Å². The summed E-state index contributed by atoms with van der Waals surface area (Å²) in [5, 5.41) is 7.84. The van der Waals surface area contributed by atoms with E-state index in [1.165, 1.54) is 54.6 Å². The number of benzene rings is 6. The molecule has 6 aromatic rings. The van der Waals surface area contributed by atoms with Crippen LogP contribution >= 0.6 is 0 Å². The molecule has 0 unspecified atom stereocenters.